The first kappa shape index (κ1) is 20.5. The summed E-state index contributed by atoms with van der Waals surface area (Å²) in [7, 11) is 3.27. The first-order valence-electron chi connectivity index (χ1n) is 11.0. The fourth-order valence-electron chi connectivity index (χ4n) is 4.85. The van der Waals surface area contributed by atoms with E-state index in [1.165, 1.54) is 17.2 Å². The van der Waals surface area contributed by atoms with E-state index in [0.29, 0.717) is 24.1 Å². The monoisotopic (exact) mass is 429 g/mol. The van der Waals surface area contributed by atoms with Crippen molar-refractivity contribution >= 4 is 10.9 Å². The highest BCUT2D eigenvalue weighted by molar-refractivity contribution is 5.96. The van der Waals surface area contributed by atoms with Crippen molar-refractivity contribution in [2.24, 2.45) is 14.1 Å². The SMILES string of the molecule is CCc1ccc(C2OCCn3c(-c4cccc(C)c4)c4c(=O)n(C)c(=O)n(C)c4c32)cc1. The number of hydrogen-bond acceptors (Lipinski definition) is 3. The van der Waals surface area contributed by atoms with Gasteiger partial charge in [0.15, 0.2) is 0 Å². The van der Waals surface area contributed by atoms with Gasteiger partial charge in [-0.25, -0.2) is 4.79 Å². The average molecular weight is 430 g/mol. The van der Waals surface area contributed by atoms with Crippen LogP contribution in [0.5, 0.6) is 0 Å². The molecule has 2 aromatic heterocycles. The number of aromatic nitrogens is 3. The van der Waals surface area contributed by atoms with E-state index >= 15 is 0 Å². The number of ether oxygens (including phenoxy) is 1. The van der Waals surface area contributed by atoms with E-state index in [2.05, 4.69) is 41.8 Å². The van der Waals surface area contributed by atoms with E-state index in [1.54, 1.807) is 11.6 Å². The Bertz CT molecular complexity index is 1460. The van der Waals surface area contributed by atoms with Gasteiger partial charge in [-0.3, -0.25) is 13.9 Å². The van der Waals surface area contributed by atoms with Crippen molar-refractivity contribution in [1.29, 1.82) is 0 Å². The summed E-state index contributed by atoms with van der Waals surface area (Å²) in [6.07, 6.45) is 0.612. The molecule has 6 heteroatoms. The molecule has 0 aliphatic carbocycles. The normalized spacial score (nSPS) is 15.8. The van der Waals surface area contributed by atoms with Crippen molar-refractivity contribution < 1.29 is 4.74 Å². The summed E-state index contributed by atoms with van der Waals surface area (Å²) in [6.45, 7) is 5.32. The lowest BCUT2D eigenvalue weighted by molar-refractivity contribution is 0.0478. The van der Waals surface area contributed by atoms with Gasteiger partial charge in [-0.15, -0.1) is 0 Å². The Morgan fingerprint density at radius 3 is 2.47 bits per heavy atom. The van der Waals surface area contributed by atoms with E-state index in [4.69, 9.17) is 4.74 Å². The Labute approximate surface area is 186 Å². The third-order valence-electron chi connectivity index (χ3n) is 6.53. The van der Waals surface area contributed by atoms with Gasteiger partial charge in [0.25, 0.3) is 5.56 Å². The van der Waals surface area contributed by atoms with Crippen LogP contribution >= 0.6 is 0 Å². The van der Waals surface area contributed by atoms with Crippen LogP contribution in [0.1, 0.15) is 35.4 Å². The van der Waals surface area contributed by atoms with Crippen molar-refractivity contribution in [3.8, 4) is 11.3 Å². The lowest BCUT2D eigenvalue weighted by atomic mass is 10.0. The van der Waals surface area contributed by atoms with Gasteiger partial charge < -0.3 is 9.30 Å². The molecule has 0 spiro atoms. The Kier molecular flexibility index (Phi) is 4.90. The van der Waals surface area contributed by atoms with Crippen LogP contribution in [0, 0.1) is 6.92 Å². The highest BCUT2D eigenvalue weighted by Gasteiger charge is 2.33. The van der Waals surface area contributed by atoms with Crippen molar-refractivity contribution in [2.45, 2.75) is 32.9 Å². The molecule has 0 radical (unpaired) electrons. The fourth-order valence-corrected chi connectivity index (χ4v) is 4.85. The van der Waals surface area contributed by atoms with Gasteiger partial charge in [0.05, 0.1) is 28.9 Å². The number of hydrogen-bond donors (Lipinski definition) is 0. The molecule has 1 atom stereocenters. The van der Waals surface area contributed by atoms with Gasteiger partial charge in [-0.05, 0) is 36.1 Å². The molecule has 164 valence electrons. The third kappa shape index (κ3) is 2.98. The molecule has 6 nitrogen and oxygen atoms in total. The van der Waals surface area contributed by atoms with Crippen LogP contribution in [0.2, 0.25) is 0 Å². The largest absolute Gasteiger partial charge is 0.365 e. The van der Waals surface area contributed by atoms with Gasteiger partial charge in [-0.1, -0.05) is 55.0 Å². The summed E-state index contributed by atoms with van der Waals surface area (Å²) < 4.78 is 11.2. The Hall–Kier alpha value is -3.38. The second kappa shape index (κ2) is 7.64. The molecule has 0 bridgehead atoms. The van der Waals surface area contributed by atoms with E-state index in [0.717, 1.165) is 34.5 Å². The van der Waals surface area contributed by atoms with E-state index in [1.807, 2.05) is 25.1 Å². The van der Waals surface area contributed by atoms with Crippen molar-refractivity contribution in [2.75, 3.05) is 6.61 Å². The second-order valence-electron chi connectivity index (χ2n) is 8.53. The predicted octanol–water partition coefficient (Wildman–Crippen LogP) is 3.70. The minimum absolute atomic E-state index is 0.276. The van der Waals surface area contributed by atoms with Gasteiger partial charge >= 0.3 is 5.69 Å². The lowest BCUT2D eigenvalue weighted by Crippen LogP contribution is -2.37. The Balaban J connectivity index is 1.90. The van der Waals surface area contributed by atoms with Gasteiger partial charge in [0.2, 0.25) is 0 Å². The zero-order chi connectivity index (χ0) is 22.6. The molecule has 3 heterocycles. The molecule has 0 N–H and O–H groups in total. The highest BCUT2D eigenvalue weighted by Crippen LogP contribution is 2.40. The van der Waals surface area contributed by atoms with Crippen LogP contribution < -0.4 is 11.2 Å². The maximum atomic E-state index is 13.4. The molecule has 1 aliphatic heterocycles. The molecule has 1 unspecified atom stereocenters. The third-order valence-corrected chi connectivity index (χ3v) is 6.53. The molecule has 0 saturated heterocycles. The first-order valence-corrected chi connectivity index (χ1v) is 11.0. The maximum Gasteiger partial charge on any atom is 0.331 e. The molecule has 0 amide bonds. The van der Waals surface area contributed by atoms with E-state index < -0.39 is 0 Å². The van der Waals surface area contributed by atoms with Crippen LogP contribution in [0.4, 0.5) is 0 Å². The van der Waals surface area contributed by atoms with Crippen molar-refractivity contribution in [1.82, 2.24) is 13.7 Å². The van der Waals surface area contributed by atoms with Crippen LogP contribution in [-0.2, 0) is 31.8 Å². The Morgan fingerprint density at radius 1 is 1.03 bits per heavy atom. The zero-order valence-corrected chi connectivity index (χ0v) is 18.9. The molecule has 32 heavy (non-hydrogen) atoms. The average Bonchev–Trinajstić information content (AvgIpc) is 3.17. The molecular weight excluding hydrogens is 402 g/mol. The summed E-state index contributed by atoms with van der Waals surface area (Å²) in [6, 6.07) is 16.6. The summed E-state index contributed by atoms with van der Waals surface area (Å²) in [5.41, 5.74) is 6.12. The molecule has 4 aromatic rings. The van der Waals surface area contributed by atoms with Crippen LogP contribution in [0.15, 0.2) is 58.1 Å². The van der Waals surface area contributed by atoms with Crippen molar-refractivity contribution in [3.05, 3.63) is 91.8 Å². The smallest absolute Gasteiger partial charge is 0.331 e. The molecule has 1 aliphatic rings. The Morgan fingerprint density at radius 2 is 1.78 bits per heavy atom. The zero-order valence-electron chi connectivity index (χ0n) is 18.9. The number of nitrogens with zero attached hydrogens (tertiary/aromatic N) is 3. The van der Waals surface area contributed by atoms with Crippen LogP contribution in [0.25, 0.3) is 22.2 Å². The molecule has 2 aromatic carbocycles. The summed E-state index contributed by atoms with van der Waals surface area (Å²) >= 11 is 0. The van der Waals surface area contributed by atoms with Gasteiger partial charge in [0.1, 0.15) is 6.10 Å². The summed E-state index contributed by atoms with van der Waals surface area (Å²) in [4.78, 5) is 26.3. The molecule has 0 saturated carbocycles. The van der Waals surface area contributed by atoms with Gasteiger partial charge in [0, 0.05) is 20.6 Å². The van der Waals surface area contributed by atoms with Crippen LogP contribution in [0.3, 0.4) is 0 Å². The van der Waals surface area contributed by atoms with E-state index in [-0.39, 0.29) is 17.4 Å². The second-order valence-corrected chi connectivity index (χ2v) is 8.53. The minimum atomic E-state index is -0.353. The van der Waals surface area contributed by atoms with E-state index in [9.17, 15) is 9.59 Å². The predicted molar refractivity (Wildman–Crippen MR) is 126 cm³/mol. The summed E-state index contributed by atoms with van der Waals surface area (Å²) in [5, 5.41) is 0.566. The maximum absolute atomic E-state index is 13.4. The standard InChI is InChI=1S/C26H27N3O3/c1-5-17-9-11-18(12-10-17)24-23-22-20(25(30)28(4)26(31)27(22)3)21(29(23)13-14-32-24)19-8-6-7-16(2)15-19/h6-12,15,24H,5,13-14H2,1-4H3. The lowest BCUT2D eigenvalue weighted by Gasteiger charge is -2.28. The van der Waals surface area contributed by atoms with Crippen molar-refractivity contribution in [3.63, 3.8) is 0 Å². The summed E-state index contributed by atoms with van der Waals surface area (Å²) in [5.74, 6) is 0. The topological polar surface area (TPSA) is 58.2 Å². The van der Waals surface area contributed by atoms with Crippen LogP contribution in [-0.4, -0.2) is 20.3 Å². The number of aryl methyl sites for hydroxylation is 3. The van der Waals surface area contributed by atoms with Gasteiger partial charge in [-0.2, -0.15) is 0 Å². The first-order chi connectivity index (χ1) is 15.4. The molecule has 5 rings (SSSR count). The fraction of sp³-hybridized carbons (Fsp3) is 0.308. The molecule has 0 fully saturated rings. The minimum Gasteiger partial charge on any atom is -0.365 e. The number of fused-ring (bicyclic) bond motifs is 3. The molecular formula is C26H27N3O3. The number of benzene rings is 2. The quantitative estimate of drug-likeness (QED) is 0.499. The highest BCUT2D eigenvalue weighted by atomic mass is 16.5. The number of rotatable bonds is 3.